The maximum absolute atomic E-state index is 12.0. The Morgan fingerprint density at radius 3 is 2.18 bits per heavy atom. The number of amides is 2. The highest BCUT2D eigenvalue weighted by Crippen LogP contribution is 2.13. The van der Waals surface area contributed by atoms with E-state index in [9.17, 15) is 9.59 Å². The van der Waals surface area contributed by atoms with E-state index in [0.717, 1.165) is 18.9 Å². The molecular weight excluding hydrogens is 282 g/mol. The first kappa shape index (κ1) is 16.2. The van der Waals surface area contributed by atoms with E-state index >= 15 is 0 Å². The number of nitrogens with zero attached hydrogens (tertiary/aromatic N) is 4. The first-order chi connectivity index (χ1) is 10.3. The summed E-state index contributed by atoms with van der Waals surface area (Å²) >= 11 is 0. The summed E-state index contributed by atoms with van der Waals surface area (Å²) in [4.78, 5) is 27.2. The minimum absolute atomic E-state index is 0.0972. The normalized spacial score (nSPS) is 15.6. The van der Waals surface area contributed by atoms with Gasteiger partial charge in [-0.2, -0.15) is 0 Å². The van der Waals surface area contributed by atoms with Gasteiger partial charge in [-0.1, -0.05) is 0 Å². The quantitative estimate of drug-likeness (QED) is 0.869. The molecule has 0 aliphatic carbocycles. The second kappa shape index (κ2) is 6.29. The van der Waals surface area contributed by atoms with Gasteiger partial charge in [0.25, 0.3) is 5.91 Å². The van der Waals surface area contributed by atoms with Crippen LogP contribution < -0.4 is 10.2 Å². The lowest BCUT2D eigenvalue weighted by Crippen LogP contribution is -2.48. The molecule has 0 saturated carbocycles. The molecule has 2 rings (SSSR count). The van der Waals surface area contributed by atoms with Crippen molar-refractivity contribution in [3.63, 3.8) is 0 Å². The van der Waals surface area contributed by atoms with E-state index in [-0.39, 0.29) is 17.4 Å². The summed E-state index contributed by atoms with van der Waals surface area (Å²) in [5, 5.41) is 11.0. The Morgan fingerprint density at radius 2 is 1.73 bits per heavy atom. The van der Waals surface area contributed by atoms with Crippen molar-refractivity contribution in [3.05, 3.63) is 17.8 Å². The summed E-state index contributed by atoms with van der Waals surface area (Å²) in [5.41, 5.74) is 0.00142. The van der Waals surface area contributed by atoms with Crippen LogP contribution in [0.3, 0.4) is 0 Å². The molecule has 1 aromatic heterocycles. The van der Waals surface area contributed by atoms with Crippen LogP contribution in [0.4, 0.5) is 5.82 Å². The molecule has 7 nitrogen and oxygen atoms in total. The van der Waals surface area contributed by atoms with Gasteiger partial charge in [0.15, 0.2) is 11.5 Å². The monoisotopic (exact) mass is 305 g/mol. The molecule has 22 heavy (non-hydrogen) atoms. The fourth-order valence-electron chi connectivity index (χ4n) is 2.27. The first-order valence-electron chi connectivity index (χ1n) is 7.43. The van der Waals surface area contributed by atoms with E-state index < -0.39 is 0 Å². The molecule has 1 N–H and O–H groups in total. The van der Waals surface area contributed by atoms with Gasteiger partial charge < -0.3 is 15.1 Å². The highest BCUT2D eigenvalue weighted by molar-refractivity contribution is 5.92. The largest absolute Gasteiger partial charge is 0.352 e. The highest BCUT2D eigenvalue weighted by Gasteiger charge is 2.21. The van der Waals surface area contributed by atoms with Crippen LogP contribution in [-0.4, -0.2) is 58.6 Å². The van der Waals surface area contributed by atoms with E-state index in [4.69, 9.17) is 0 Å². The first-order valence-corrected chi connectivity index (χ1v) is 7.43. The average molecular weight is 305 g/mol. The van der Waals surface area contributed by atoms with Gasteiger partial charge in [0.2, 0.25) is 5.91 Å². The summed E-state index contributed by atoms with van der Waals surface area (Å²) in [6, 6.07) is 3.48. The van der Waals surface area contributed by atoms with Gasteiger partial charge in [0.1, 0.15) is 0 Å². The maximum atomic E-state index is 12.0. The van der Waals surface area contributed by atoms with Crippen LogP contribution in [0.2, 0.25) is 0 Å². The molecule has 0 bridgehead atoms. The summed E-state index contributed by atoms with van der Waals surface area (Å²) in [6.07, 6.45) is 0. The number of hydrogen-bond donors (Lipinski definition) is 1. The molecule has 0 unspecified atom stereocenters. The molecule has 2 heterocycles. The van der Waals surface area contributed by atoms with Crippen LogP contribution in [0.5, 0.6) is 0 Å². The van der Waals surface area contributed by atoms with E-state index in [0.29, 0.717) is 18.8 Å². The molecule has 2 amide bonds. The number of hydrogen-bond acceptors (Lipinski definition) is 5. The molecule has 1 aliphatic rings. The lowest BCUT2D eigenvalue weighted by atomic mass is 10.1. The van der Waals surface area contributed by atoms with Crippen molar-refractivity contribution in [1.29, 1.82) is 0 Å². The predicted octanol–water partition coefficient (Wildman–Crippen LogP) is 0.673. The van der Waals surface area contributed by atoms with Gasteiger partial charge in [0, 0.05) is 38.6 Å². The molecule has 1 fully saturated rings. The zero-order valence-corrected chi connectivity index (χ0v) is 13.6. The predicted molar refractivity (Wildman–Crippen MR) is 83.7 cm³/mol. The average Bonchev–Trinajstić information content (AvgIpc) is 2.46. The Labute approximate surface area is 130 Å². The molecular formula is C15H23N5O2. The number of aromatic nitrogens is 2. The maximum Gasteiger partial charge on any atom is 0.272 e. The number of nitrogens with one attached hydrogen (secondary N) is 1. The van der Waals surface area contributed by atoms with Crippen molar-refractivity contribution >= 4 is 17.6 Å². The fourth-order valence-corrected chi connectivity index (χ4v) is 2.27. The van der Waals surface area contributed by atoms with E-state index in [1.165, 1.54) is 0 Å². The highest BCUT2D eigenvalue weighted by atomic mass is 16.2. The molecule has 0 atom stereocenters. The lowest BCUT2D eigenvalue weighted by Gasteiger charge is -2.34. The zero-order valence-electron chi connectivity index (χ0n) is 13.6. The van der Waals surface area contributed by atoms with Gasteiger partial charge in [-0.15, -0.1) is 10.2 Å². The van der Waals surface area contributed by atoms with Gasteiger partial charge in [0.05, 0.1) is 0 Å². The molecule has 0 spiro atoms. The van der Waals surface area contributed by atoms with Crippen LogP contribution in [0.15, 0.2) is 12.1 Å². The second-order valence-corrected chi connectivity index (χ2v) is 6.47. The Bertz CT molecular complexity index is 542. The van der Waals surface area contributed by atoms with Crippen LogP contribution >= 0.6 is 0 Å². The lowest BCUT2D eigenvalue weighted by molar-refractivity contribution is -0.129. The molecule has 0 radical (unpaired) electrons. The minimum Gasteiger partial charge on any atom is -0.352 e. The Balaban J connectivity index is 1.98. The topological polar surface area (TPSA) is 78.4 Å². The number of piperazine rings is 1. The van der Waals surface area contributed by atoms with Crippen molar-refractivity contribution in [2.24, 2.45) is 0 Å². The Hall–Kier alpha value is -2.18. The number of rotatable bonds is 2. The summed E-state index contributed by atoms with van der Waals surface area (Å²) in [6.45, 7) is 10.2. The molecule has 1 saturated heterocycles. The minimum atomic E-state index is -0.305. The van der Waals surface area contributed by atoms with Crippen LogP contribution in [0.1, 0.15) is 38.2 Å². The van der Waals surface area contributed by atoms with Gasteiger partial charge in [-0.3, -0.25) is 9.59 Å². The van der Waals surface area contributed by atoms with E-state index in [2.05, 4.69) is 20.4 Å². The van der Waals surface area contributed by atoms with Crippen molar-refractivity contribution < 1.29 is 9.59 Å². The van der Waals surface area contributed by atoms with E-state index in [1.807, 2.05) is 25.7 Å². The SMILES string of the molecule is CC(=O)N1CCN(c2ccc(C(=O)NC(C)(C)C)nn2)CC1. The van der Waals surface area contributed by atoms with Crippen molar-refractivity contribution in [3.8, 4) is 0 Å². The van der Waals surface area contributed by atoms with Crippen LogP contribution in [0, 0.1) is 0 Å². The second-order valence-electron chi connectivity index (χ2n) is 6.47. The number of carbonyl (C=O) groups is 2. The fraction of sp³-hybridized carbons (Fsp3) is 0.600. The smallest absolute Gasteiger partial charge is 0.272 e. The molecule has 0 aromatic carbocycles. The third kappa shape index (κ3) is 4.16. The third-order valence-corrected chi connectivity index (χ3v) is 3.42. The van der Waals surface area contributed by atoms with Gasteiger partial charge in [-0.25, -0.2) is 0 Å². The third-order valence-electron chi connectivity index (χ3n) is 3.42. The summed E-state index contributed by atoms with van der Waals surface area (Å²) < 4.78 is 0. The molecule has 120 valence electrons. The van der Waals surface area contributed by atoms with Gasteiger partial charge >= 0.3 is 0 Å². The van der Waals surface area contributed by atoms with Crippen LogP contribution in [-0.2, 0) is 4.79 Å². The standard InChI is InChI=1S/C15H23N5O2/c1-11(21)19-7-9-20(10-8-19)13-6-5-12(17-18-13)14(22)16-15(2,3)4/h5-6H,7-10H2,1-4H3,(H,16,22). The number of anilines is 1. The number of carbonyl (C=O) groups excluding carboxylic acids is 2. The zero-order chi connectivity index (χ0) is 16.3. The van der Waals surface area contributed by atoms with Crippen molar-refractivity contribution in [1.82, 2.24) is 20.4 Å². The van der Waals surface area contributed by atoms with E-state index in [1.54, 1.807) is 19.1 Å². The van der Waals surface area contributed by atoms with Crippen molar-refractivity contribution in [2.75, 3.05) is 31.1 Å². The Kier molecular flexibility index (Phi) is 4.63. The molecule has 7 heteroatoms. The van der Waals surface area contributed by atoms with Crippen LogP contribution in [0.25, 0.3) is 0 Å². The van der Waals surface area contributed by atoms with Crippen molar-refractivity contribution in [2.45, 2.75) is 33.2 Å². The summed E-state index contributed by atoms with van der Waals surface area (Å²) in [7, 11) is 0. The Morgan fingerprint density at radius 1 is 1.09 bits per heavy atom. The molecule has 1 aromatic rings. The van der Waals surface area contributed by atoms with Gasteiger partial charge in [-0.05, 0) is 32.9 Å². The molecule has 1 aliphatic heterocycles. The summed E-state index contributed by atoms with van der Waals surface area (Å²) in [5.74, 6) is 0.600.